The molecule has 0 spiro atoms. The van der Waals surface area contributed by atoms with Crippen molar-refractivity contribution in [3.05, 3.63) is 48.6 Å². The van der Waals surface area contributed by atoms with Crippen molar-refractivity contribution in [1.29, 1.82) is 0 Å². The van der Waals surface area contributed by atoms with Crippen LogP contribution < -0.4 is 21.3 Å². The number of Topliss-reactive ketones (excluding diaryl/α,β-unsaturated/α-hetero) is 1. The van der Waals surface area contributed by atoms with Crippen LogP contribution in [0.1, 0.15) is 112 Å². The molecule has 0 saturated carbocycles. The summed E-state index contributed by atoms with van der Waals surface area (Å²) >= 11 is 0. The van der Waals surface area contributed by atoms with Gasteiger partial charge in [0.2, 0.25) is 12.2 Å². The molecule has 5 atom stereocenters. The van der Waals surface area contributed by atoms with Crippen LogP contribution in [0.3, 0.4) is 0 Å². The first-order chi connectivity index (χ1) is 24.6. The van der Waals surface area contributed by atoms with E-state index in [1.54, 1.807) is 0 Å². The molecule has 4 N–H and O–H groups in total. The number of urea groups is 1. The molecule has 0 bridgehead atoms. The Labute approximate surface area is 315 Å². The van der Waals surface area contributed by atoms with Crippen LogP contribution in [-0.2, 0) is 25.6 Å². The van der Waals surface area contributed by atoms with E-state index in [1.165, 1.54) is 50.3 Å². The highest BCUT2D eigenvalue weighted by Gasteiger charge is 2.28. The zero-order valence-corrected chi connectivity index (χ0v) is 33.3. The van der Waals surface area contributed by atoms with Crippen LogP contribution in [0.4, 0.5) is 4.79 Å². The molecule has 0 aliphatic carbocycles. The number of ketones is 1. The van der Waals surface area contributed by atoms with Crippen molar-refractivity contribution in [2.24, 2.45) is 17.3 Å². The summed E-state index contributed by atoms with van der Waals surface area (Å²) in [4.78, 5) is 59.2. The fourth-order valence-electron chi connectivity index (χ4n) is 5.68. The summed E-state index contributed by atoms with van der Waals surface area (Å²) in [6.45, 7) is 19.9. The molecule has 292 valence electrons. The van der Waals surface area contributed by atoms with E-state index in [2.05, 4.69) is 85.5 Å². The number of hydrogen-bond donors (Lipinski definition) is 4. The van der Waals surface area contributed by atoms with Crippen LogP contribution in [0.25, 0.3) is 0 Å². The van der Waals surface area contributed by atoms with Gasteiger partial charge in [-0.15, -0.1) is 18.9 Å². The number of nitrogens with zero attached hydrogens (tertiary/aromatic N) is 1. The molecule has 10 nitrogen and oxygen atoms in total. The van der Waals surface area contributed by atoms with Gasteiger partial charge in [0, 0.05) is 31.6 Å². The summed E-state index contributed by atoms with van der Waals surface area (Å²) in [6, 6.07) is 9.50. The van der Waals surface area contributed by atoms with Gasteiger partial charge in [0.25, 0.3) is 5.91 Å². The first kappa shape index (κ1) is 48.0. The van der Waals surface area contributed by atoms with Gasteiger partial charge in [-0.3, -0.25) is 14.4 Å². The largest absolute Gasteiger partial charge is 0.348 e. The summed E-state index contributed by atoms with van der Waals surface area (Å²) in [5.41, 5.74) is 0.919. The number of rotatable bonds is 20. The normalized spacial score (nSPS) is 17.0. The second kappa shape index (κ2) is 27.7. The molecule has 1 heterocycles. The summed E-state index contributed by atoms with van der Waals surface area (Å²) in [6.07, 6.45) is 17.4. The standard InChI is InChI=1S/C22H36N2O2.C11H14N2O3.C9H19N/c1-5-6-7-8-12-15-19(16-18-13-10-9-11-14-18)23-21(26)24-20(17-25)22(2,3)4;1-3-5-6-9(13-8-14)10(15)11(16)12-7-4-2;1-7(2)9-5-8(3)10(4)6-9/h9-11,13-14,17,19-20H,5-8,12,15-16H2,1-4H3,(H2,23,24,26);1,4,8-9H,2,5-7H2,(H,12,16)(H,13,14);7-9H,5-6H2,1-4H3. The van der Waals surface area contributed by atoms with E-state index in [0.29, 0.717) is 12.8 Å². The van der Waals surface area contributed by atoms with Crippen molar-refractivity contribution in [3.63, 3.8) is 0 Å². The van der Waals surface area contributed by atoms with E-state index >= 15 is 0 Å². The summed E-state index contributed by atoms with van der Waals surface area (Å²) in [5.74, 6) is 2.69. The van der Waals surface area contributed by atoms with Crippen molar-refractivity contribution in [2.45, 2.75) is 137 Å². The molecule has 1 aromatic rings. The lowest BCUT2D eigenvalue weighted by molar-refractivity contribution is -0.139. The predicted molar refractivity (Wildman–Crippen MR) is 213 cm³/mol. The van der Waals surface area contributed by atoms with Gasteiger partial charge in [-0.05, 0) is 62.5 Å². The molecule has 1 saturated heterocycles. The van der Waals surface area contributed by atoms with Gasteiger partial charge in [-0.25, -0.2) is 4.79 Å². The monoisotopic (exact) mass is 724 g/mol. The molecule has 10 heteroatoms. The first-order valence-corrected chi connectivity index (χ1v) is 19.0. The van der Waals surface area contributed by atoms with E-state index in [1.807, 2.05) is 39.0 Å². The second-order valence-electron chi connectivity index (χ2n) is 15.2. The average Bonchev–Trinajstić information content (AvgIpc) is 3.45. The van der Waals surface area contributed by atoms with Crippen LogP contribution >= 0.6 is 0 Å². The molecule has 0 aromatic heterocycles. The fraction of sp³-hybridized carbons (Fsp3) is 0.643. The number of aldehydes is 1. The fourth-order valence-corrected chi connectivity index (χ4v) is 5.68. The van der Waals surface area contributed by atoms with Crippen molar-refractivity contribution < 1.29 is 24.0 Å². The molecule has 1 aliphatic rings. The Bertz CT molecular complexity index is 1210. The third-order valence-electron chi connectivity index (χ3n) is 9.33. The Morgan fingerprint density at radius 1 is 1.04 bits per heavy atom. The summed E-state index contributed by atoms with van der Waals surface area (Å²) in [5, 5.41) is 10.5. The van der Waals surface area contributed by atoms with Crippen LogP contribution in [0.5, 0.6) is 0 Å². The van der Waals surface area contributed by atoms with Crippen LogP contribution in [0.2, 0.25) is 0 Å². The lowest BCUT2D eigenvalue weighted by Crippen LogP contribution is -2.51. The molecule has 2 rings (SSSR count). The molecule has 4 amide bonds. The van der Waals surface area contributed by atoms with Crippen LogP contribution in [0, 0.1) is 29.6 Å². The Morgan fingerprint density at radius 3 is 2.17 bits per heavy atom. The molecule has 5 unspecified atom stereocenters. The zero-order chi connectivity index (χ0) is 39.5. The molecule has 52 heavy (non-hydrogen) atoms. The molecular formula is C42H69N5O5. The number of amides is 4. The number of carbonyl (C=O) groups excluding carboxylic acids is 5. The summed E-state index contributed by atoms with van der Waals surface area (Å²) in [7, 11) is 2.23. The molecule has 1 aromatic carbocycles. The van der Waals surface area contributed by atoms with Gasteiger partial charge >= 0.3 is 6.03 Å². The number of terminal acetylenes is 1. The topological polar surface area (TPSA) is 137 Å². The first-order valence-electron chi connectivity index (χ1n) is 19.0. The Kier molecular flexibility index (Phi) is 25.5. The second-order valence-corrected chi connectivity index (χ2v) is 15.2. The SMILES string of the molecule is C#CCCC(NC=O)C(=O)C(=O)NCC=C.CC(C)C1CC(C)N(C)C1.CCCCCCCC(Cc1ccccc1)NC(=O)NC(C=O)C(C)(C)C. The Balaban J connectivity index is 0.000000844. The van der Waals surface area contributed by atoms with E-state index in [0.717, 1.165) is 43.4 Å². The van der Waals surface area contributed by atoms with E-state index in [9.17, 15) is 24.0 Å². The maximum absolute atomic E-state index is 12.4. The molecular weight excluding hydrogens is 654 g/mol. The van der Waals surface area contributed by atoms with Crippen LogP contribution in [-0.4, -0.2) is 79.6 Å². The minimum atomic E-state index is -0.863. The Hall–Kier alpha value is -3.97. The van der Waals surface area contributed by atoms with Crippen molar-refractivity contribution in [2.75, 3.05) is 20.1 Å². The minimum absolute atomic E-state index is 0.0753. The maximum atomic E-state index is 12.4. The van der Waals surface area contributed by atoms with Crippen molar-refractivity contribution >= 4 is 30.4 Å². The number of hydrogen-bond acceptors (Lipinski definition) is 6. The molecule has 0 radical (unpaired) electrons. The molecule has 1 aliphatic heterocycles. The third kappa shape index (κ3) is 21.4. The van der Waals surface area contributed by atoms with Crippen LogP contribution in [0.15, 0.2) is 43.0 Å². The van der Waals surface area contributed by atoms with Crippen molar-refractivity contribution in [3.8, 4) is 12.3 Å². The molecule has 1 fully saturated rings. The van der Waals surface area contributed by atoms with Gasteiger partial charge in [-0.2, -0.15) is 0 Å². The Morgan fingerprint density at radius 2 is 1.69 bits per heavy atom. The number of benzene rings is 1. The lowest BCUT2D eigenvalue weighted by atomic mass is 9.88. The van der Waals surface area contributed by atoms with E-state index in [-0.39, 0.29) is 30.5 Å². The highest BCUT2D eigenvalue weighted by molar-refractivity contribution is 6.38. The van der Waals surface area contributed by atoms with Gasteiger partial charge in [0.1, 0.15) is 6.29 Å². The zero-order valence-electron chi connectivity index (χ0n) is 33.3. The predicted octanol–water partition coefficient (Wildman–Crippen LogP) is 6.24. The van der Waals surface area contributed by atoms with Gasteiger partial charge in [0.05, 0.1) is 12.1 Å². The average molecular weight is 724 g/mol. The third-order valence-corrected chi connectivity index (χ3v) is 9.33. The highest BCUT2D eigenvalue weighted by Crippen LogP contribution is 2.27. The highest BCUT2D eigenvalue weighted by atomic mass is 16.2. The quantitative estimate of drug-likeness (QED) is 0.0414. The number of likely N-dealkylation sites (tertiary alicyclic amines) is 1. The number of unbranched alkanes of at least 4 members (excludes halogenated alkanes) is 4. The van der Waals surface area contributed by atoms with Gasteiger partial charge < -0.3 is 31.0 Å². The smallest absolute Gasteiger partial charge is 0.315 e. The van der Waals surface area contributed by atoms with Crippen molar-refractivity contribution in [1.82, 2.24) is 26.2 Å². The maximum Gasteiger partial charge on any atom is 0.315 e. The minimum Gasteiger partial charge on any atom is -0.348 e. The lowest BCUT2D eigenvalue weighted by Gasteiger charge is -2.28. The summed E-state index contributed by atoms with van der Waals surface area (Å²) < 4.78 is 0. The van der Waals surface area contributed by atoms with Gasteiger partial charge in [-0.1, -0.05) is 110 Å². The van der Waals surface area contributed by atoms with E-state index in [4.69, 9.17) is 6.42 Å². The van der Waals surface area contributed by atoms with E-state index < -0.39 is 23.8 Å². The number of carbonyl (C=O) groups is 5. The number of nitrogens with one attached hydrogen (secondary N) is 4. The van der Waals surface area contributed by atoms with Gasteiger partial charge in [0.15, 0.2) is 0 Å².